The number of nitro groups is 1. The zero-order valence-corrected chi connectivity index (χ0v) is 19.1. The van der Waals surface area contributed by atoms with E-state index in [-0.39, 0.29) is 35.6 Å². The molecule has 0 saturated heterocycles. The molecule has 0 bridgehead atoms. The van der Waals surface area contributed by atoms with Crippen LogP contribution in [-0.4, -0.2) is 40.0 Å². The summed E-state index contributed by atoms with van der Waals surface area (Å²) in [5, 5.41) is 13.6. The molecule has 0 radical (unpaired) electrons. The zero-order valence-electron chi connectivity index (χ0n) is 18.3. The van der Waals surface area contributed by atoms with E-state index in [1.54, 1.807) is 31.2 Å². The van der Waals surface area contributed by atoms with Crippen molar-refractivity contribution >= 4 is 29.3 Å². The molecular formula is C23H28FN3O4S. The summed E-state index contributed by atoms with van der Waals surface area (Å²) in [5.74, 6) is -0.153. The molecule has 7 nitrogen and oxygen atoms in total. The maximum atomic E-state index is 13.3. The van der Waals surface area contributed by atoms with Gasteiger partial charge in [0.1, 0.15) is 11.9 Å². The zero-order chi connectivity index (χ0) is 23.5. The summed E-state index contributed by atoms with van der Waals surface area (Å²) in [6, 6.07) is 11.4. The van der Waals surface area contributed by atoms with Crippen LogP contribution in [0.3, 0.4) is 0 Å². The predicted molar refractivity (Wildman–Crippen MR) is 124 cm³/mol. The van der Waals surface area contributed by atoms with Gasteiger partial charge in [0.15, 0.2) is 0 Å². The van der Waals surface area contributed by atoms with Crippen LogP contribution in [0.25, 0.3) is 0 Å². The highest BCUT2D eigenvalue weighted by Gasteiger charge is 2.25. The van der Waals surface area contributed by atoms with E-state index in [0.29, 0.717) is 12.3 Å². The molecule has 172 valence electrons. The first-order valence-corrected chi connectivity index (χ1v) is 11.6. The van der Waals surface area contributed by atoms with Crippen molar-refractivity contribution in [2.75, 3.05) is 12.3 Å². The van der Waals surface area contributed by atoms with Crippen LogP contribution in [-0.2, 0) is 21.9 Å². The Hall–Kier alpha value is -2.94. The fourth-order valence-electron chi connectivity index (χ4n) is 2.96. The maximum Gasteiger partial charge on any atom is 0.269 e. The summed E-state index contributed by atoms with van der Waals surface area (Å²) in [6.45, 7) is 4.46. The number of unbranched alkanes of at least 4 members (excludes halogenated alkanes) is 1. The lowest BCUT2D eigenvalue weighted by Gasteiger charge is -2.28. The molecule has 1 atom stereocenters. The number of nitrogens with one attached hydrogen (secondary N) is 1. The topological polar surface area (TPSA) is 92.6 Å². The van der Waals surface area contributed by atoms with Crippen LogP contribution >= 0.6 is 11.8 Å². The quantitative estimate of drug-likeness (QED) is 0.289. The number of rotatable bonds is 12. The predicted octanol–water partition coefficient (Wildman–Crippen LogP) is 4.30. The van der Waals surface area contributed by atoms with E-state index in [9.17, 15) is 24.1 Å². The Morgan fingerprint density at radius 2 is 1.75 bits per heavy atom. The molecule has 32 heavy (non-hydrogen) atoms. The molecule has 1 N–H and O–H groups in total. The van der Waals surface area contributed by atoms with Gasteiger partial charge in [-0.3, -0.25) is 19.7 Å². The molecule has 2 aromatic rings. The average Bonchev–Trinajstić information content (AvgIpc) is 2.78. The fourth-order valence-corrected chi connectivity index (χ4v) is 3.83. The molecule has 0 unspecified atom stereocenters. The van der Waals surface area contributed by atoms with Crippen molar-refractivity contribution in [3.63, 3.8) is 0 Å². The van der Waals surface area contributed by atoms with Gasteiger partial charge in [-0.1, -0.05) is 37.6 Å². The van der Waals surface area contributed by atoms with Crippen LogP contribution in [0.2, 0.25) is 0 Å². The average molecular weight is 462 g/mol. The van der Waals surface area contributed by atoms with Gasteiger partial charge in [0.25, 0.3) is 5.69 Å². The lowest BCUT2D eigenvalue weighted by atomic mass is 10.1. The first-order chi connectivity index (χ1) is 15.3. The number of hydrogen-bond donors (Lipinski definition) is 1. The minimum absolute atomic E-state index is 0.0169. The third-order valence-electron chi connectivity index (χ3n) is 4.90. The van der Waals surface area contributed by atoms with Crippen molar-refractivity contribution in [2.45, 2.75) is 45.0 Å². The van der Waals surface area contributed by atoms with Crippen molar-refractivity contribution in [1.82, 2.24) is 10.2 Å². The van der Waals surface area contributed by atoms with Gasteiger partial charge in [-0.05, 0) is 36.6 Å². The number of nitro benzene ring substituents is 1. The minimum atomic E-state index is -0.676. The third kappa shape index (κ3) is 7.96. The number of benzene rings is 2. The first-order valence-electron chi connectivity index (χ1n) is 10.4. The Morgan fingerprint density at radius 3 is 2.34 bits per heavy atom. The van der Waals surface area contributed by atoms with Gasteiger partial charge in [-0.25, -0.2) is 4.39 Å². The summed E-state index contributed by atoms with van der Waals surface area (Å²) < 4.78 is 13.3. The summed E-state index contributed by atoms with van der Waals surface area (Å²) in [4.78, 5) is 37.3. The summed E-state index contributed by atoms with van der Waals surface area (Å²) in [7, 11) is 0. The van der Waals surface area contributed by atoms with Crippen LogP contribution in [0.5, 0.6) is 0 Å². The van der Waals surface area contributed by atoms with Gasteiger partial charge >= 0.3 is 0 Å². The SMILES string of the molecule is CCCCNC(=O)[C@H](C)N(Cc1ccc(F)cc1)C(=O)CSCc1ccc([N+](=O)[O-])cc1. The number of hydrogen-bond acceptors (Lipinski definition) is 5. The molecule has 0 aliphatic carbocycles. The van der Waals surface area contributed by atoms with Gasteiger partial charge in [0.2, 0.25) is 11.8 Å². The number of thioether (sulfide) groups is 1. The smallest absolute Gasteiger partial charge is 0.269 e. The second-order valence-electron chi connectivity index (χ2n) is 7.39. The Kier molecular flexibility index (Phi) is 10.1. The van der Waals surface area contributed by atoms with Gasteiger partial charge in [0, 0.05) is 31.0 Å². The van der Waals surface area contributed by atoms with E-state index in [1.807, 2.05) is 6.92 Å². The van der Waals surface area contributed by atoms with Gasteiger partial charge in [-0.2, -0.15) is 0 Å². The van der Waals surface area contributed by atoms with E-state index in [0.717, 1.165) is 24.0 Å². The van der Waals surface area contributed by atoms with Crippen LogP contribution in [0, 0.1) is 15.9 Å². The van der Waals surface area contributed by atoms with Gasteiger partial charge < -0.3 is 10.2 Å². The largest absolute Gasteiger partial charge is 0.354 e. The molecule has 0 aromatic heterocycles. The van der Waals surface area contributed by atoms with Crippen LogP contribution in [0.1, 0.15) is 37.8 Å². The van der Waals surface area contributed by atoms with Gasteiger partial charge in [-0.15, -0.1) is 11.8 Å². The number of halogens is 1. The standard InChI is InChI=1S/C23H28FN3O4S/c1-3-4-13-25-23(29)17(2)26(14-18-5-9-20(24)10-6-18)22(28)16-32-15-19-7-11-21(12-8-19)27(30)31/h5-12,17H,3-4,13-16H2,1-2H3,(H,25,29)/t17-/m0/s1. The van der Waals surface area contributed by atoms with E-state index in [2.05, 4.69) is 5.32 Å². The van der Waals surface area contributed by atoms with Gasteiger partial charge in [0.05, 0.1) is 10.7 Å². The Balaban J connectivity index is 2.02. The molecule has 2 aromatic carbocycles. The highest BCUT2D eigenvalue weighted by molar-refractivity contribution is 7.99. The number of carbonyl (C=O) groups is 2. The van der Waals surface area contributed by atoms with Crippen LogP contribution < -0.4 is 5.32 Å². The minimum Gasteiger partial charge on any atom is -0.354 e. The molecule has 0 saturated carbocycles. The fraction of sp³-hybridized carbons (Fsp3) is 0.391. The van der Waals surface area contributed by atoms with Crippen molar-refractivity contribution in [2.24, 2.45) is 0 Å². The van der Waals surface area contributed by atoms with Crippen molar-refractivity contribution < 1.29 is 18.9 Å². The maximum absolute atomic E-state index is 13.3. The number of nitrogens with zero attached hydrogens (tertiary/aromatic N) is 2. The van der Waals surface area contributed by atoms with E-state index in [1.165, 1.54) is 40.9 Å². The number of carbonyl (C=O) groups excluding carboxylic acids is 2. The molecule has 0 fully saturated rings. The third-order valence-corrected chi connectivity index (χ3v) is 5.89. The molecule has 2 amide bonds. The van der Waals surface area contributed by atoms with Crippen LogP contribution in [0.4, 0.5) is 10.1 Å². The van der Waals surface area contributed by atoms with Crippen molar-refractivity contribution in [3.8, 4) is 0 Å². The molecule has 2 rings (SSSR count). The molecule has 0 heterocycles. The molecule has 0 aliphatic heterocycles. The Bertz CT molecular complexity index is 906. The van der Waals surface area contributed by atoms with Crippen molar-refractivity contribution in [3.05, 3.63) is 75.6 Å². The summed E-state index contributed by atoms with van der Waals surface area (Å²) in [5.41, 5.74) is 1.61. The first kappa shape index (κ1) is 25.3. The number of amides is 2. The van der Waals surface area contributed by atoms with E-state index >= 15 is 0 Å². The van der Waals surface area contributed by atoms with E-state index < -0.39 is 11.0 Å². The van der Waals surface area contributed by atoms with Crippen molar-refractivity contribution in [1.29, 1.82) is 0 Å². The monoisotopic (exact) mass is 461 g/mol. The summed E-state index contributed by atoms with van der Waals surface area (Å²) in [6.07, 6.45) is 1.81. The lowest BCUT2D eigenvalue weighted by molar-refractivity contribution is -0.384. The second-order valence-corrected chi connectivity index (χ2v) is 8.37. The molecular weight excluding hydrogens is 433 g/mol. The highest BCUT2D eigenvalue weighted by Crippen LogP contribution is 2.18. The summed E-state index contributed by atoms with van der Waals surface area (Å²) >= 11 is 1.37. The van der Waals surface area contributed by atoms with Crippen LogP contribution in [0.15, 0.2) is 48.5 Å². The van der Waals surface area contributed by atoms with E-state index in [4.69, 9.17) is 0 Å². The molecule has 9 heteroatoms. The number of non-ortho nitro benzene ring substituents is 1. The molecule has 0 spiro atoms. The molecule has 0 aliphatic rings. The Labute approximate surface area is 191 Å². The lowest BCUT2D eigenvalue weighted by Crippen LogP contribution is -2.48. The second kappa shape index (κ2) is 12.8. The highest BCUT2D eigenvalue weighted by atomic mass is 32.2. The normalized spacial score (nSPS) is 11.6. The Morgan fingerprint density at radius 1 is 1.12 bits per heavy atom.